The molecule has 10 bridgehead atoms. The lowest BCUT2D eigenvalue weighted by Crippen LogP contribution is -2.67. The fourth-order valence-corrected chi connectivity index (χ4v) is 18.2. The first-order valence-corrected chi connectivity index (χ1v) is 35.3. The van der Waals surface area contributed by atoms with Crippen LogP contribution < -0.4 is 41.3 Å². The average molecular weight is 1330 g/mol. The van der Waals surface area contributed by atoms with Crippen LogP contribution in [0.15, 0.2) is 184 Å². The van der Waals surface area contributed by atoms with Crippen molar-refractivity contribution in [1.82, 2.24) is 10.3 Å². The van der Waals surface area contributed by atoms with Gasteiger partial charge in [0.05, 0.1) is 55.7 Å². The Hall–Kier alpha value is -10.5. The largest absolute Gasteiger partial charge is 0.508 e. The number of ether oxygens (including phenoxy) is 3. The van der Waals surface area contributed by atoms with Crippen molar-refractivity contribution in [2.45, 2.75) is 99.1 Å². The van der Waals surface area contributed by atoms with E-state index in [4.69, 9.17) is 35.1 Å². The van der Waals surface area contributed by atoms with Crippen molar-refractivity contribution in [3.63, 3.8) is 0 Å². The Morgan fingerprint density at radius 3 is 2.54 bits per heavy atom. The van der Waals surface area contributed by atoms with Gasteiger partial charge in [0.25, 0.3) is 0 Å². The highest BCUT2D eigenvalue weighted by Crippen LogP contribution is 2.64. The third kappa shape index (κ3) is 10.8. The van der Waals surface area contributed by atoms with E-state index in [1.54, 1.807) is 30.3 Å². The van der Waals surface area contributed by atoms with Gasteiger partial charge in [0.1, 0.15) is 22.7 Å². The summed E-state index contributed by atoms with van der Waals surface area (Å²) in [4.78, 5) is 27.6. The lowest BCUT2D eigenvalue weighted by atomic mass is 9.62. The van der Waals surface area contributed by atoms with E-state index >= 15 is 4.79 Å². The number of hydrogen-bond donors (Lipinski definition) is 7. The molecule has 100 heavy (non-hydrogen) atoms. The average Bonchev–Trinajstić information content (AvgIpc) is 1.50. The summed E-state index contributed by atoms with van der Waals surface area (Å²) in [6.45, 7) is 3.27. The summed E-state index contributed by atoms with van der Waals surface area (Å²) in [5.74, 6) is 16.6. The molecule has 2 saturated carbocycles. The standard InChI is InChI=1S/C86H80N6O8/c1-85-35-10-18-61(85)17-9-19-69-65-32-26-54-21-22-58-42-55-14-6-7-15-56(55)43-66(58)75(54)68(65)47-86(69)62-28-23-59(71(44-62)90-84(87)88)41-52(48-93)49-99-79-76(60-27-33-70-82(86)92(37-36-89-70)83-67(45-74(85)91-83)57-16-8-13-51(39-57)40-60)78-77(72(96)46-73(100-78)53-24-30-63(94)31-25-53)80(81(79)97-2)98-38-34-64(95)29-20-50-11-4-3-5-12-50/h3-8,11-16,20-26,28-32,39,42-46,52,60-61,64-65,68-70,82,89,91,93-95H,10,17-18,34-38,40-41,47-49H2,1-2H3,(H4,87,88,90). The summed E-state index contributed by atoms with van der Waals surface area (Å²) in [6.07, 6.45) is 12.9. The number of fused-ring (bicyclic) bond motifs is 19. The van der Waals surface area contributed by atoms with Crippen LogP contribution in [0.25, 0.3) is 67.1 Å². The minimum absolute atomic E-state index is 0.0139. The van der Waals surface area contributed by atoms with Gasteiger partial charge in [0, 0.05) is 78.1 Å². The van der Waals surface area contributed by atoms with E-state index in [0.29, 0.717) is 48.7 Å². The van der Waals surface area contributed by atoms with Crippen LogP contribution in [-0.2, 0) is 23.7 Å². The first-order chi connectivity index (χ1) is 48.8. The second-order valence-electron chi connectivity index (χ2n) is 28.8. The maximum Gasteiger partial charge on any atom is 0.204 e. The topological polar surface area (TPSA) is 214 Å². The molecule has 0 radical (unpaired) electrons. The van der Waals surface area contributed by atoms with Crippen LogP contribution in [0.2, 0.25) is 0 Å². The van der Waals surface area contributed by atoms with Crippen LogP contribution in [0.5, 0.6) is 23.0 Å². The molecule has 14 heteroatoms. The van der Waals surface area contributed by atoms with Gasteiger partial charge in [-0.1, -0.05) is 159 Å². The second-order valence-corrected chi connectivity index (χ2v) is 28.8. The smallest absolute Gasteiger partial charge is 0.204 e. The Balaban J connectivity index is 0.956. The Morgan fingerprint density at radius 1 is 0.870 bits per heavy atom. The molecule has 1 saturated heterocycles. The molecule has 8 aromatic carbocycles. The van der Waals surface area contributed by atoms with E-state index in [2.05, 4.69) is 155 Å². The van der Waals surface area contributed by atoms with Gasteiger partial charge < -0.3 is 60.6 Å². The number of aromatic amines is 1. The van der Waals surface area contributed by atoms with Crippen LogP contribution in [0.1, 0.15) is 102 Å². The number of methoxy groups -OCH3 is 1. The second kappa shape index (κ2) is 25.4. The molecule has 11 unspecified atom stereocenters. The van der Waals surface area contributed by atoms with Gasteiger partial charge in [-0.25, -0.2) is 4.99 Å². The predicted octanol–water partition coefficient (Wildman–Crippen LogP) is 14.1. The Bertz CT molecular complexity index is 5200. The number of rotatable bonds is 10. The summed E-state index contributed by atoms with van der Waals surface area (Å²) in [5, 5.41) is 42.8. The van der Waals surface area contributed by atoms with Gasteiger partial charge in [-0.15, -0.1) is 5.92 Å². The van der Waals surface area contributed by atoms with E-state index in [1.807, 2.05) is 36.4 Å². The lowest BCUT2D eigenvalue weighted by Gasteiger charge is -2.53. The number of anilines is 1. The normalized spacial score (nSPS) is 24.9. The van der Waals surface area contributed by atoms with Gasteiger partial charge in [-0.3, -0.25) is 4.79 Å². The summed E-state index contributed by atoms with van der Waals surface area (Å²) < 4.78 is 28.0. The van der Waals surface area contributed by atoms with Gasteiger partial charge >= 0.3 is 0 Å². The van der Waals surface area contributed by atoms with Crippen molar-refractivity contribution in [1.29, 1.82) is 0 Å². The van der Waals surface area contributed by atoms with Crippen molar-refractivity contribution < 1.29 is 33.9 Å². The van der Waals surface area contributed by atoms with Crippen LogP contribution in [0.4, 0.5) is 11.5 Å². The summed E-state index contributed by atoms with van der Waals surface area (Å²) >= 11 is 0. The van der Waals surface area contributed by atoms with E-state index in [0.717, 1.165) is 64.9 Å². The minimum Gasteiger partial charge on any atom is -0.508 e. The minimum atomic E-state index is -0.915. The molecule has 1 spiro atoms. The molecule has 502 valence electrons. The van der Waals surface area contributed by atoms with Crippen LogP contribution in [0, 0.1) is 47.4 Å². The predicted molar refractivity (Wildman–Crippen MR) is 396 cm³/mol. The maximum atomic E-state index is 15.6. The number of aliphatic hydroxyl groups is 2. The number of nitrogens with two attached hydrogens (primary N) is 2. The van der Waals surface area contributed by atoms with Gasteiger partial charge in [-0.2, -0.15) is 0 Å². The molecule has 3 aliphatic carbocycles. The van der Waals surface area contributed by atoms with E-state index < -0.39 is 40.9 Å². The highest BCUT2D eigenvalue weighted by atomic mass is 16.5. The zero-order valence-corrected chi connectivity index (χ0v) is 56.1. The summed E-state index contributed by atoms with van der Waals surface area (Å²) in [7, 11) is 1.53. The number of aliphatic imine (C=N–C) groups is 1. The summed E-state index contributed by atoms with van der Waals surface area (Å²) in [5.41, 5.74) is 23.1. The number of nitrogens with one attached hydrogen (secondary N) is 2. The van der Waals surface area contributed by atoms with Crippen molar-refractivity contribution in [3.8, 4) is 69.1 Å². The van der Waals surface area contributed by atoms with Crippen molar-refractivity contribution >= 4 is 62.1 Å². The SMILES string of the molecule is COc1c2c(c3oc(-c4ccc(O)cc4)cc(=O)c3c1OCCC(O)C=Cc1ccccc1)C1C#CC3NCCN4c5[nH]c(cc5-c5cccc(c5)C1)C1(C)CCCC1CC#CC1C5C=Cc6ccc7cc8ccccc8cc7c6C5CC1(c1ccc(c(N=C(N)N)c1)CC(CO)CO2)C34. The zero-order chi connectivity index (χ0) is 68.0. The fourth-order valence-electron chi connectivity index (χ4n) is 18.2. The number of H-pyrrole nitrogens is 1. The summed E-state index contributed by atoms with van der Waals surface area (Å²) in [6, 6.07) is 52.6. The number of phenolic OH excluding ortho intramolecular Hbond substituents is 1. The highest BCUT2D eigenvalue weighted by molar-refractivity contribution is 6.02. The van der Waals surface area contributed by atoms with E-state index in [1.165, 1.54) is 51.5 Å². The number of nitrogens with zero attached hydrogens (tertiary/aromatic N) is 2. The number of piperazine rings is 1. The van der Waals surface area contributed by atoms with Crippen molar-refractivity contribution in [3.05, 3.63) is 225 Å². The molecule has 5 aliphatic heterocycles. The van der Waals surface area contributed by atoms with Crippen LogP contribution >= 0.6 is 0 Å². The van der Waals surface area contributed by atoms with Crippen LogP contribution in [-0.4, -0.2) is 84.5 Å². The first-order valence-electron chi connectivity index (χ1n) is 35.3. The molecule has 2 aromatic heterocycles. The van der Waals surface area contributed by atoms with Crippen molar-refractivity contribution in [2.75, 3.05) is 44.9 Å². The molecule has 7 heterocycles. The Kier molecular flexibility index (Phi) is 16.0. The number of aromatic hydroxyl groups is 1. The molecular formula is C86H80N6O8. The number of phenols is 1. The molecule has 11 atom stereocenters. The van der Waals surface area contributed by atoms with E-state index in [9.17, 15) is 15.3 Å². The Morgan fingerprint density at radius 2 is 1.71 bits per heavy atom. The van der Waals surface area contributed by atoms with E-state index in [-0.39, 0.29) is 102 Å². The number of aromatic nitrogens is 1. The number of aliphatic hydroxyl groups excluding tert-OH is 2. The molecule has 10 aromatic rings. The maximum absolute atomic E-state index is 15.6. The quantitative estimate of drug-likeness (QED) is 0.0295. The fraction of sp³-hybridized carbons (Fsp3) is 0.302. The number of hydrogen-bond acceptors (Lipinski definition) is 11. The highest BCUT2D eigenvalue weighted by Gasteiger charge is 2.62. The Labute approximate surface area is 581 Å². The molecule has 18 rings (SSSR count). The van der Waals surface area contributed by atoms with Crippen molar-refractivity contribution in [2.24, 2.45) is 40.1 Å². The lowest BCUT2D eigenvalue weighted by molar-refractivity contribution is 0.156. The monoisotopic (exact) mass is 1320 g/mol. The molecule has 3 fully saturated rings. The molecule has 8 aliphatic rings. The van der Waals surface area contributed by atoms with Crippen LogP contribution in [0.3, 0.4) is 0 Å². The number of guanidine groups is 1. The van der Waals surface area contributed by atoms with Gasteiger partial charge in [-0.05, 0) is 159 Å². The third-order valence-corrected chi connectivity index (χ3v) is 23.1. The zero-order valence-electron chi connectivity index (χ0n) is 56.1. The number of allylic oxidation sites excluding steroid dienone is 1. The molecule has 14 nitrogen and oxygen atoms in total. The number of benzene rings is 8. The molecular weight excluding hydrogens is 1240 g/mol. The molecule has 9 N–H and O–H groups in total. The van der Waals surface area contributed by atoms with Gasteiger partial charge in [0.2, 0.25) is 5.75 Å². The molecule has 0 amide bonds. The first kappa shape index (κ1) is 63.0. The third-order valence-electron chi connectivity index (χ3n) is 23.1. The van der Waals surface area contributed by atoms with Gasteiger partial charge in [0.15, 0.2) is 28.5 Å².